The lowest BCUT2D eigenvalue weighted by atomic mass is 10.1. The van der Waals surface area contributed by atoms with E-state index in [1.807, 2.05) is 0 Å². The predicted octanol–water partition coefficient (Wildman–Crippen LogP) is 2.30. The number of nitrogen functional groups attached to an aromatic ring is 1. The average Bonchev–Trinajstić information content (AvgIpc) is 2.74. The third-order valence-corrected chi connectivity index (χ3v) is 3.10. The zero-order valence-corrected chi connectivity index (χ0v) is 10.5. The summed E-state index contributed by atoms with van der Waals surface area (Å²) in [5.74, 6) is -0.377. The molecule has 0 unspecified atom stereocenters. The number of nitrogens with zero attached hydrogens (tertiary/aromatic N) is 1. The number of aromatic nitrogens is 1. The molecule has 0 spiro atoms. The smallest absolute Gasteiger partial charge is 0.180 e. The Labute approximate surface area is 107 Å². The summed E-state index contributed by atoms with van der Waals surface area (Å²) in [5.41, 5.74) is 6.27. The van der Waals surface area contributed by atoms with E-state index in [1.54, 1.807) is 5.38 Å². The molecule has 18 heavy (non-hydrogen) atoms. The van der Waals surface area contributed by atoms with E-state index in [9.17, 15) is 9.18 Å². The number of ketones is 1. The second-order valence-corrected chi connectivity index (χ2v) is 4.51. The van der Waals surface area contributed by atoms with Gasteiger partial charge in [0.25, 0.3) is 0 Å². The van der Waals surface area contributed by atoms with Crippen molar-refractivity contribution in [3.05, 3.63) is 40.7 Å². The van der Waals surface area contributed by atoms with Gasteiger partial charge in [0.15, 0.2) is 10.9 Å². The number of hydrogen-bond acceptors (Lipinski definition) is 5. The topological polar surface area (TPSA) is 65.2 Å². The summed E-state index contributed by atoms with van der Waals surface area (Å²) in [5, 5.41) is 2.11. The quantitative estimate of drug-likeness (QED) is 0.862. The maximum atomic E-state index is 13.1. The number of rotatable bonds is 4. The number of Topliss-reactive ketones (excluding diaryl/α,β-unsaturated/α-hetero) is 1. The van der Waals surface area contributed by atoms with Gasteiger partial charge in [-0.05, 0) is 18.2 Å². The van der Waals surface area contributed by atoms with Crippen molar-refractivity contribution in [1.29, 1.82) is 0 Å². The van der Waals surface area contributed by atoms with E-state index in [2.05, 4.69) is 4.98 Å². The maximum absolute atomic E-state index is 13.1. The van der Waals surface area contributed by atoms with Crippen molar-refractivity contribution in [3.8, 4) is 5.75 Å². The number of hydrogen-bond donors (Lipinski definition) is 1. The van der Waals surface area contributed by atoms with Crippen molar-refractivity contribution in [2.75, 3.05) is 12.8 Å². The largest absolute Gasteiger partial charge is 0.496 e. The molecule has 0 amide bonds. The molecule has 2 rings (SSSR count). The molecule has 0 radical (unpaired) electrons. The second kappa shape index (κ2) is 5.14. The van der Waals surface area contributed by atoms with E-state index >= 15 is 0 Å². The highest BCUT2D eigenvalue weighted by molar-refractivity contribution is 7.13. The molecule has 0 saturated carbocycles. The van der Waals surface area contributed by atoms with Gasteiger partial charge in [0, 0.05) is 5.38 Å². The number of nitrogens with two attached hydrogens (primary N) is 1. The van der Waals surface area contributed by atoms with Crippen molar-refractivity contribution in [3.63, 3.8) is 0 Å². The molecule has 0 saturated heterocycles. The zero-order valence-electron chi connectivity index (χ0n) is 9.64. The molecule has 0 fully saturated rings. The third-order valence-electron chi connectivity index (χ3n) is 2.37. The number of carbonyl (C=O) groups is 1. The van der Waals surface area contributed by atoms with Gasteiger partial charge >= 0.3 is 0 Å². The first kappa shape index (κ1) is 12.5. The monoisotopic (exact) mass is 266 g/mol. The van der Waals surface area contributed by atoms with Gasteiger partial charge in [-0.15, -0.1) is 11.3 Å². The van der Waals surface area contributed by atoms with Gasteiger partial charge in [0.2, 0.25) is 0 Å². The van der Waals surface area contributed by atoms with Crippen LogP contribution in [-0.2, 0) is 6.42 Å². The Bertz CT molecular complexity index is 583. The highest BCUT2D eigenvalue weighted by Gasteiger charge is 2.15. The van der Waals surface area contributed by atoms with Crippen LogP contribution < -0.4 is 10.5 Å². The fourth-order valence-corrected chi connectivity index (χ4v) is 2.12. The number of halogens is 1. The fraction of sp³-hybridized carbons (Fsp3) is 0.167. The predicted molar refractivity (Wildman–Crippen MR) is 67.5 cm³/mol. The van der Waals surface area contributed by atoms with Crippen LogP contribution in [0.4, 0.5) is 9.52 Å². The molecule has 1 aromatic heterocycles. The lowest BCUT2D eigenvalue weighted by Gasteiger charge is -2.06. The first-order chi connectivity index (χ1) is 8.60. The van der Waals surface area contributed by atoms with E-state index in [0.717, 1.165) is 6.07 Å². The molecule has 2 aromatic rings. The second-order valence-electron chi connectivity index (χ2n) is 3.62. The Morgan fingerprint density at radius 2 is 2.33 bits per heavy atom. The number of carbonyl (C=O) groups excluding carboxylic acids is 1. The van der Waals surface area contributed by atoms with Crippen LogP contribution >= 0.6 is 11.3 Å². The Morgan fingerprint density at radius 1 is 1.56 bits per heavy atom. The van der Waals surface area contributed by atoms with Crippen LogP contribution in [0, 0.1) is 5.82 Å². The summed E-state index contributed by atoms with van der Waals surface area (Å²) in [6.45, 7) is 0. The lowest BCUT2D eigenvalue weighted by Crippen LogP contribution is -2.06. The van der Waals surface area contributed by atoms with Crippen LogP contribution in [0.15, 0.2) is 23.6 Å². The van der Waals surface area contributed by atoms with Crippen LogP contribution in [0.3, 0.4) is 0 Å². The molecule has 6 heteroatoms. The van der Waals surface area contributed by atoms with Crippen LogP contribution in [0.25, 0.3) is 0 Å². The molecule has 94 valence electrons. The molecule has 0 bridgehead atoms. The first-order valence-electron chi connectivity index (χ1n) is 5.17. The normalized spacial score (nSPS) is 10.3. The van der Waals surface area contributed by atoms with Crippen LogP contribution in [-0.4, -0.2) is 17.9 Å². The van der Waals surface area contributed by atoms with E-state index in [4.69, 9.17) is 10.5 Å². The minimum atomic E-state index is -0.475. The summed E-state index contributed by atoms with van der Waals surface area (Å²) in [7, 11) is 1.44. The van der Waals surface area contributed by atoms with Crippen molar-refractivity contribution in [1.82, 2.24) is 4.98 Å². The van der Waals surface area contributed by atoms with Gasteiger partial charge < -0.3 is 10.5 Å². The molecule has 1 heterocycles. The standard InChI is InChI=1S/C12H11FN2O2S/c1-17-11-3-2-7(13)4-9(11)10(16)5-8-6-18-12(14)15-8/h2-4,6H,5H2,1H3,(H2,14,15). The summed E-state index contributed by atoms with van der Waals surface area (Å²) in [6, 6.07) is 3.84. The van der Waals surface area contributed by atoms with Gasteiger partial charge in [0.1, 0.15) is 11.6 Å². The summed E-state index contributed by atoms with van der Waals surface area (Å²) >= 11 is 1.26. The highest BCUT2D eigenvalue weighted by atomic mass is 32.1. The van der Waals surface area contributed by atoms with Crippen LogP contribution in [0.1, 0.15) is 16.1 Å². The van der Waals surface area contributed by atoms with Gasteiger partial charge in [-0.2, -0.15) is 0 Å². The van der Waals surface area contributed by atoms with Gasteiger partial charge in [0.05, 0.1) is 24.8 Å². The number of anilines is 1. The molecule has 2 N–H and O–H groups in total. The SMILES string of the molecule is COc1ccc(F)cc1C(=O)Cc1csc(N)n1. The maximum Gasteiger partial charge on any atom is 0.180 e. The zero-order chi connectivity index (χ0) is 13.1. The molecule has 0 aliphatic rings. The first-order valence-corrected chi connectivity index (χ1v) is 6.04. The molecule has 0 aliphatic heterocycles. The number of methoxy groups -OCH3 is 1. The van der Waals surface area contributed by atoms with E-state index in [0.29, 0.717) is 16.6 Å². The highest BCUT2D eigenvalue weighted by Crippen LogP contribution is 2.22. The Morgan fingerprint density at radius 3 is 2.94 bits per heavy atom. The van der Waals surface area contributed by atoms with E-state index in [-0.39, 0.29) is 17.8 Å². The van der Waals surface area contributed by atoms with Crippen molar-refractivity contribution >= 4 is 22.3 Å². The van der Waals surface area contributed by atoms with Crippen LogP contribution in [0.2, 0.25) is 0 Å². The van der Waals surface area contributed by atoms with Gasteiger partial charge in [-0.3, -0.25) is 4.79 Å². The van der Waals surface area contributed by atoms with Gasteiger partial charge in [-0.1, -0.05) is 0 Å². The van der Waals surface area contributed by atoms with E-state index < -0.39 is 5.82 Å². The Kier molecular flexibility index (Phi) is 3.57. The van der Waals surface area contributed by atoms with E-state index in [1.165, 1.54) is 30.6 Å². The summed E-state index contributed by atoms with van der Waals surface area (Å²) in [4.78, 5) is 16.0. The lowest BCUT2D eigenvalue weighted by molar-refractivity contribution is 0.0988. The number of benzene rings is 1. The molecule has 0 aliphatic carbocycles. The minimum absolute atomic E-state index is 0.0769. The van der Waals surface area contributed by atoms with Crippen molar-refractivity contribution in [2.24, 2.45) is 0 Å². The summed E-state index contributed by atoms with van der Waals surface area (Å²) < 4.78 is 18.2. The Hall–Kier alpha value is -1.95. The molecule has 0 atom stereocenters. The minimum Gasteiger partial charge on any atom is -0.496 e. The fourth-order valence-electron chi connectivity index (χ4n) is 1.56. The third kappa shape index (κ3) is 2.65. The number of ether oxygens (including phenoxy) is 1. The average molecular weight is 266 g/mol. The van der Waals surface area contributed by atoms with Gasteiger partial charge in [-0.25, -0.2) is 9.37 Å². The summed E-state index contributed by atoms with van der Waals surface area (Å²) in [6.07, 6.45) is 0.0769. The molecular formula is C12H11FN2O2S. The Balaban J connectivity index is 2.25. The molecule has 4 nitrogen and oxygen atoms in total. The molecule has 1 aromatic carbocycles. The molecular weight excluding hydrogens is 255 g/mol. The van der Waals surface area contributed by atoms with Crippen molar-refractivity contribution in [2.45, 2.75) is 6.42 Å². The number of thiazole rings is 1. The van der Waals surface area contributed by atoms with Crippen molar-refractivity contribution < 1.29 is 13.9 Å². The van der Waals surface area contributed by atoms with Crippen LogP contribution in [0.5, 0.6) is 5.75 Å².